The molecule has 166 valence electrons. The van der Waals surface area contributed by atoms with E-state index in [1.165, 1.54) is 4.52 Å². The minimum Gasteiger partial charge on any atom is -0.337 e. The predicted octanol–water partition coefficient (Wildman–Crippen LogP) is 2.42. The number of aromatic amines is 1. The van der Waals surface area contributed by atoms with Crippen LogP contribution in [0.5, 0.6) is 0 Å². The fraction of sp³-hybridized carbons (Fsp3) is 0.652. The number of carbonyl (C=O) groups is 2. The van der Waals surface area contributed by atoms with E-state index in [2.05, 4.69) is 5.10 Å². The molecular formula is C23H31N5O3. The summed E-state index contributed by atoms with van der Waals surface area (Å²) in [6, 6.07) is 1.87. The summed E-state index contributed by atoms with van der Waals surface area (Å²) < 4.78 is 1.50. The number of carbonyl (C=O) groups excluding carboxylic acids is 2. The van der Waals surface area contributed by atoms with Gasteiger partial charge in [-0.1, -0.05) is 13.8 Å². The van der Waals surface area contributed by atoms with Gasteiger partial charge in [0.05, 0.1) is 29.5 Å². The summed E-state index contributed by atoms with van der Waals surface area (Å²) in [7, 11) is 0. The fourth-order valence-corrected chi connectivity index (χ4v) is 4.92. The van der Waals surface area contributed by atoms with Crippen LogP contribution in [0.2, 0.25) is 0 Å². The fourth-order valence-electron chi connectivity index (χ4n) is 4.92. The number of amides is 2. The molecule has 5 rings (SSSR count). The third-order valence-corrected chi connectivity index (χ3v) is 7.20. The highest BCUT2D eigenvalue weighted by Crippen LogP contribution is 2.33. The predicted molar refractivity (Wildman–Crippen MR) is 115 cm³/mol. The highest BCUT2D eigenvalue weighted by molar-refractivity contribution is 5.81. The van der Waals surface area contributed by atoms with Gasteiger partial charge in [0.25, 0.3) is 5.56 Å². The normalized spacial score (nSPS) is 22.5. The Hall–Kier alpha value is -2.64. The summed E-state index contributed by atoms with van der Waals surface area (Å²) in [5, 5.41) is 3.25. The lowest BCUT2D eigenvalue weighted by Crippen LogP contribution is -2.41. The van der Waals surface area contributed by atoms with Crippen LogP contribution in [-0.4, -0.2) is 49.3 Å². The highest BCUT2D eigenvalue weighted by atomic mass is 16.2. The van der Waals surface area contributed by atoms with Crippen LogP contribution in [-0.2, 0) is 22.6 Å². The molecule has 1 N–H and O–H groups in total. The SMILES string of the molecule is CC[C@@H](C)C(=O)N1CCCC[C@@H]1c1cc2nc3c(c(=O)n2[nH]1)CN(C(=O)C1CC1)CC3. The molecule has 8 nitrogen and oxygen atoms in total. The summed E-state index contributed by atoms with van der Waals surface area (Å²) in [6.45, 7) is 5.74. The van der Waals surface area contributed by atoms with Crippen molar-refractivity contribution in [1.29, 1.82) is 0 Å². The molecule has 4 heterocycles. The van der Waals surface area contributed by atoms with Crippen molar-refractivity contribution in [3.63, 3.8) is 0 Å². The number of aromatic nitrogens is 3. The Bertz CT molecular complexity index is 1080. The second kappa shape index (κ2) is 7.80. The largest absolute Gasteiger partial charge is 0.337 e. The van der Waals surface area contributed by atoms with Gasteiger partial charge in [-0.3, -0.25) is 19.5 Å². The molecule has 1 saturated heterocycles. The van der Waals surface area contributed by atoms with Crippen LogP contribution < -0.4 is 5.56 Å². The number of nitrogens with zero attached hydrogens (tertiary/aromatic N) is 4. The van der Waals surface area contributed by atoms with Crippen LogP contribution >= 0.6 is 0 Å². The first kappa shape index (κ1) is 20.3. The van der Waals surface area contributed by atoms with Crippen molar-refractivity contribution in [1.82, 2.24) is 24.4 Å². The van der Waals surface area contributed by atoms with Gasteiger partial charge in [0, 0.05) is 37.4 Å². The zero-order chi connectivity index (χ0) is 21.7. The van der Waals surface area contributed by atoms with Crippen LogP contribution in [0, 0.1) is 11.8 Å². The number of hydrogen-bond donors (Lipinski definition) is 1. The van der Waals surface area contributed by atoms with E-state index >= 15 is 0 Å². The van der Waals surface area contributed by atoms with Crippen LogP contribution in [0.4, 0.5) is 0 Å². The van der Waals surface area contributed by atoms with Crippen LogP contribution in [0.1, 0.15) is 75.4 Å². The van der Waals surface area contributed by atoms with E-state index in [1.807, 2.05) is 29.7 Å². The van der Waals surface area contributed by atoms with Gasteiger partial charge in [-0.2, -0.15) is 0 Å². The van der Waals surface area contributed by atoms with Crippen LogP contribution in [0.15, 0.2) is 10.9 Å². The first-order valence-electron chi connectivity index (χ1n) is 11.7. The molecule has 2 atom stereocenters. The lowest BCUT2D eigenvalue weighted by Gasteiger charge is -2.36. The van der Waals surface area contributed by atoms with E-state index in [4.69, 9.17) is 4.98 Å². The standard InChI is InChI=1S/C23H31N5O3/c1-3-14(2)21(29)27-10-5-4-6-19(27)18-12-20-24-17-9-11-26(22(30)15-7-8-15)13-16(17)23(31)28(20)25-18/h12,14-15,19,25H,3-11,13H2,1-2H3/t14-,19-/m1/s1. The third kappa shape index (κ3) is 3.55. The van der Waals surface area contributed by atoms with Gasteiger partial charge < -0.3 is 9.80 Å². The maximum absolute atomic E-state index is 13.3. The van der Waals surface area contributed by atoms with E-state index < -0.39 is 0 Å². The zero-order valence-corrected chi connectivity index (χ0v) is 18.4. The molecule has 1 aliphatic carbocycles. The van der Waals surface area contributed by atoms with Gasteiger partial charge in [0.2, 0.25) is 11.8 Å². The zero-order valence-electron chi connectivity index (χ0n) is 18.4. The third-order valence-electron chi connectivity index (χ3n) is 7.20. The molecule has 0 unspecified atom stereocenters. The number of likely N-dealkylation sites (tertiary alicyclic amines) is 1. The number of piperidine rings is 1. The summed E-state index contributed by atoms with van der Waals surface area (Å²) in [5.74, 6) is 0.495. The summed E-state index contributed by atoms with van der Waals surface area (Å²) in [6.07, 6.45) is 6.31. The monoisotopic (exact) mass is 425 g/mol. The second-order valence-corrected chi connectivity index (χ2v) is 9.38. The molecule has 31 heavy (non-hydrogen) atoms. The Kier molecular flexibility index (Phi) is 5.10. The molecule has 2 aliphatic heterocycles. The molecule has 2 aromatic rings. The minimum absolute atomic E-state index is 0.00636. The average molecular weight is 426 g/mol. The first-order chi connectivity index (χ1) is 15.0. The van der Waals surface area contributed by atoms with E-state index in [9.17, 15) is 14.4 Å². The minimum atomic E-state index is -0.129. The van der Waals surface area contributed by atoms with Gasteiger partial charge in [-0.05, 0) is 38.5 Å². The van der Waals surface area contributed by atoms with Crippen molar-refractivity contribution < 1.29 is 9.59 Å². The van der Waals surface area contributed by atoms with Gasteiger partial charge >= 0.3 is 0 Å². The van der Waals surface area contributed by atoms with E-state index in [1.54, 1.807) is 0 Å². The second-order valence-electron chi connectivity index (χ2n) is 9.38. The molecule has 8 heteroatoms. The molecule has 2 aromatic heterocycles. The molecular weight excluding hydrogens is 394 g/mol. The molecule has 1 saturated carbocycles. The van der Waals surface area contributed by atoms with Crippen LogP contribution in [0.3, 0.4) is 0 Å². The molecule has 0 radical (unpaired) electrons. The number of fused-ring (bicyclic) bond motifs is 2. The Morgan fingerprint density at radius 3 is 2.77 bits per heavy atom. The lowest BCUT2D eigenvalue weighted by atomic mass is 9.96. The molecule has 0 spiro atoms. The first-order valence-corrected chi connectivity index (χ1v) is 11.7. The maximum Gasteiger partial charge on any atom is 0.277 e. The van der Waals surface area contributed by atoms with Crippen molar-refractivity contribution >= 4 is 17.5 Å². The molecule has 3 aliphatic rings. The highest BCUT2D eigenvalue weighted by Gasteiger charge is 2.36. The van der Waals surface area contributed by atoms with Crippen molar-refractivity contribution in [3.8, 4) is 0 Å². The Balaban J connectivity index is 1.47. The quantitative estimate of drug-likeness (QED) is 0.815. The van der Waals surface area contributed by atoms with Gasteiger partial charge in [-0.25, -0.2) is 9.50 Å². The van der Waals surface area contributed by atoms with Crippen molar-refractivity contribution in [3.05, 3.63) is 33.4 Å². The Morgan fingerprint density at radius 2 is 2.03 bits per heavy atom. The Morgan fingerprint density at radius 1 is 1.23 bits per heavy atom. The smallest absolute Gasteiger partial charge is 0.277 e. The number of hydrogen-bond acceptors (Lipinski definition) is 4. The van der Waals surface area contributed by atoms with Crippen LogP contribution in [0.25, 0.3) is 5.65 Å². The number of nitrogens with one attached hydrogen (secondary N) is 1. The summed E-state index contributed by atoms with van der Waals surface area (Å²) in [4.78, 5) is 47.3. The van der Waals surface area contributed by atoms with E-state index in [0.29, 0.717) is 30.7 Å². The summed E-state index contributed by atoms with van der Waals surface area (Å²) in [5.41, 5.74) is 2.75. The summed E-state index contributed by atoms with van der Waals surface area (Å²) >= 11 is 0. The van der Waals surface area contributed by atoms with Crippen molar-refractivity contribution in [2.75, 3.05) is 13.1 Å². The maximum atomic E-state index is 13.3. The average Bonchev–Trinajstić information content (AvgIpc) is 3.56. The molecule has 2 amide bonds. The molecule has 0 bridgehead atoms. The van der Waals surface area contributed by atoms with Gasteiger partial charge in [-0.15, -0.1) is 0 Å². The molecule has 0 aromatic carbocycles. The lowest BCUT2D eigenvalue weighted by molar-refractivity contribution is -0.139. The number of H-pyrrole nitrogens is 1. The number of rotatable bonds is 4. The van der Waals surface area contributed by atoms with Gasteiger partial charge in [0.1, 0.15) is 0 Å². The van der Waals surface area contributed by atoms with Crippen molar-refractivity contribution in [2.24, 2.45) is 11.8 Å². The van der Waals surface area contributed by atoms with Gasteiger partial charge in [0.15, 0.2) is 5.65 Å². The van der Waals surface area contributed by atoms with E-state index in [0.717, 1.165) is 56.5 Å². The van der Waals surface area contributed by atoms with Crippen molar-refractivity contribution in [2.45, 2.75) is 71.4 Å². The van der Waals surface area contributed by atoms with E-state index in [-0.39, 0.29) is 35.3 Å². The Labute approximate surface area is 181 Å². The topological polar surface area (TPSA) is 90.8 Å². The molecule has 2 fully saturated rings.